The van der Waals surface area contributed by atoms with Gasteiger partial charge >= 0.3 is 0 Å². The lowest BCUT2D eigenvalue weighted by Crippen LogP contribution is -2.49. The van der Waals surface area contributed by atoms with Crippen LogP contribution in [0.25, 0.3) is 11.4 Å². The number of carbonyl (C=O) groups excluding carboxylic acids is 1. The highest BCUT2D eigenvalue weighted by Crippen LogP contribution is 2.40. The van der Waals surface area contributed by atoms with E-state index in [1.54, 1.807) is 17.0 Å². The van der Waals surface area contributed by atoms with Gasteiger partial charge in [-0.05, 0) is 54.2 Å². The quantitative estimate of drug-likeness (QED) is 0.382. The number of ether oxygens (including phenoxy) is 1. The SMILES string of the molecule is CC(C)(C)[C@H](c1nc(-c2cc(F)ccc2F)nn1Cc1cccc(F)c1)N(C[C@H]1CNC[C@@H]1F)C(=O)[C@@H]1CCCO1. The molecular formula is C30H35F4N5O2. The molecule has 220 valence electrons. The van der Waals surface area contributed by atoms with Crippen molar-refractivity contribution in [2.75, 3.05) is 26.2 Å². The van der Waals surface area contributed by atoms with Crippen LogP contribution in [0.3, 0.4) is 0 Å². The lowest BCUT2D eigenvalue weighted by molar-refractivity contribution is -0.147. The molecule has 11 heteroatoms. The third kappa shape index (κ3) is 6.46. The molecule has 2 fully saturated rings. The predicted molar refractivity (Wildman–Crippen MR) is 145 cm³/mol. The predicted octanol–water partition coefficient (Wildman–Crippen LogP) is 5.06. The molecule has 1 N–H and O–H groups in total. The van der Waals surface area contributed by atoms with E-state index >= 15 is 0 Å². The average molecular weight is 574 g/mol. The van der Waals surface area contributed by atoms with Crippen molar-refractivity contribution in [2.45, 2.75) is 58.5 Å². The van der Waals surface area contributed by atoms with Crippen molar-refractivity contribution in [3.63, 3.8) is 0 Å². The molecule has 0 unspecified atom stereocenters. The maximum Gasteiger partial charge on any atom is 0.252 e. The van der Waals surface area contributed by atoms with E-state index in [2.05, 4.69) is 10.4 Å². The van der Waals surface area contributed by atoms with Gasteiger partial charge in [-0.3, -0.25) is 4.79 Å². The summed E-state index contributed by atoms with van der Waals surface area (Å²) in [6.07, 6.45) is -0.534. The van der Waals surface area contributed by atoms with Crippen LogP contribution in [-0.4, -0.2) is 64.1 Å². The van der Waals surface area contributed by atoms with Gasteiger partial charge in [-0.2, -0.15) is 5.10 Å². The van der Waals surface area contributed by atoms with Crippen molar-refractivity contribution in [2.24, 2.45) is 11.3 Å². The zero-order valence-electron chi connectivity index (χ0n) is 23.4. The molecular weight excluding hydrogens is 538 g/mol. The molecule has 7 nitrogen and oxygen atoms in total. The van der Waals surface area contributed by atoms with Crippen molar-refractivity contribution < 1.29 is 27.1 Å². The van der Waals surface area contributed by atoms with Crippen LogP contribution in [0.2, 0.25) is 0 Å². The van der Waals surface area contributed by atoms with Gasteiger partial charge in [0.05, 0.1) is 18.2 Å². The first-order valence-corrected chi connectivity index (χ1v) is 13.9. The summed E-state index contributed by atoms with van der Waals surface area (Å²) in [5.74, 6) is -2.31. The third-order valence-electron chi connectivity index (χ3n) is 7.64. The Kier molecular flexibility index (Phi) is 8.47. The Balaban J connectivity index is 1.65. The summed E-state index contributed by atoms with van der Waals surface area (Å²) in [7, 11) is 0. The maximum absolute atomic E-state index is 14.9. The fourth-order valence-corrected chi connectivity index (χ4v) is 5.67. The summed E-state index contributed by atoms with van der Waals surface area (Å²) in [4.78, 5) is 20.4. The monoisotopic (exact) mass is 573 g/mol. The standard InChI is InChI=1S/C30H35F4N5O2/c1-30(2,3)26(38(17-19-14-35-15-24(19)34)29(40)25-8-5-11-41-25)28-36-27(22-13-21(32)9-10-23(22)33)37-39(28)16-18-6-4-7-20(31)12-18/h4,6-7,9-10,12-13,19,24-26,35H,5,8,11,14-17H2,1-3H3/t19-,24+,25+,26+/m1/s1. The Bertz CT molecular complexity index is 1390. The number of benzene rings is 2. The Morgan fingerprint density at radius 2 is 1.93 bits per heavy atom. The lowest BCUT2D eigenvalue weighted by atomic mass is 9.83. The first-order chi connectivity index (χ1) is 19.5. The van der Waals surface area contributed by atoms with Crippen molar-refractivity contribution in [1.82, 2.24) is 25.0 Å². The Hall–Kier alpha value is -3.31. The largest absolute Gasteiger partial charge is 0.368 e. The van der Waals surface area contributed by atoms with Gasteiger partial charge in [0.1, 0.15) is 29.7 Å². The number of hydrogen-bond acceptors (Lipinski definition) is 5. The van der Waals surface area contributed by atoms with E-state index < -0.39 is 47.1 Å². The lowest BCUT2D eigenvalue weighted by Gasteiger charge is -2.41. The Morgan fingerprint density at radius 1 is 1.15 bits per heavy atom. The molecule has 5 rings (SSSR count). The first kappa shape index (κ1) is 29.2. The molecule has 3 heterocycles. The second kappa shape index (κ2) is 11.9. The van der Waals surface area contributed by atoms with Crippen LogP contribution >= 0.6 is 0 Å². The highest BCUT2D eigenvalue weighted by atomic mass is 19.1. The van der Waals surface area contributed by atoms with E-state index in [9.17, 15) is 22.4 Å². The minimum absolute atomic E-state index is 0.0578. The van der Waals surface area contributed by atoms with Gasteiger partial charge in [0, 0.05) is 32.2 Å². The van der Waals surface area contributed by atoms with Crippen molar-refractivity contribution in [1.29, 1.82) is 0 Å². The number of aromatic nitrogens is 3. The normalized spacial score (nSPS) is 21.8. The molecule has 0 aliphatic carbocycles. The van der Waals surface area contributed by atoms with E-state index in [1.807, 2.05) is 20.8 Å². The number of halogens is 4. The van der Waals surface area contributed by atoms with Crippen LogP contribution < -0.4 is 5.32 Å². The van der Waals surface area contributed by atoms with E-state index in [1.165, 1.54) is 16.8 Å². The summed E-state index contributed by atoms with van der Waals surface area (Å²) >= 11 is 0. The second-order valence-electron chi connectivity index (χ2n) is 11.9. The van der Waals surface area contributed by atoms with Crippen molar-refractivity contribution in [3.8, 4) is 11.4 Å². The van der Waals surface area contributed by atoms with Crippen LogP contribution in [0.1, 0.15) is 51.0 Å². The molecule has 41 heavy (non-hydrogen) atoms. The van der Waals surface area contributed by atoms with Gasteiger partial charge in [0.2, 0.25) is 0 Å². The summed E-state index contributed by atoms with van der Waals surface area (Å²) in [6.45, 7) is 7.01. The molecule has 0 bridgehead atoms. The van der Waals surface area contributed by atoms with Crippen LogP contribution in [0, 0.1) is 28.8 Å². The topological polar surface area (TPSA) is 72.3 Å². The average Bonchev–Trinajstić information content (AvgIpc) is 3.67. The van der Waals surface area contributed by atoms with E-state index in [0.29, 0.717) is 31.0 Å². The zero-order valence-corrected chi connectivity index (χ0v) is 23.4. The molecule has 2 aromatic carbocycles. The van der Waals surface area contributed by atoms with E-state index in [4.69, 9.17) is 9.72 Å². The summed E-state index contributed by atoms with van der Waals surface area (Å²) < 4.78 is 65.3. The van der Waals surface area contributed by atoms with Gasteiger partial charge in [-0.15, -0.1) is 0 Å². The van der Waals surface area contributed by atoms with Gasteiger partial charge in [0.15, 0.2) is 11.6 Å². The number of amides is 1. The van der Waals surface area contributed by atoms with Crippen LogP contribution in [0.4, 0.5) is 17.6 Å². The maximum atomic E-state index is 14.9. The number of hydrogen-bond donors (Lipinski definition) is 1. The van der Waals surface area contributed by atoms with Crippen LogP contribution in [0.15, 0.2) is 42.5 Å². The number of nitrogens with zero attached hydrogens (tertiary/aromatic N) is 4. The summed E-state index contributed by atoms with van der Waals surface area (Å²) in [5.41, 5.74) is -0.232. The number of nitrogens with one attached hydrogen (secondary N) is 1. The molecule has 3 aromatic rings. The van der Waals surface area contributed by atoms with Gasteiger partial charge in [-0.1, -0.05) is 32.9 Å². The van der Waals surface area contributed by atoms with Crippen molar-refractivity contribution >= 4 is 5.91 Å². The molecule has 2 saturated heterocycles. The summed E-state index contributed by atoms with van der Waals surface area (Å²) in [5, 5.41) is 7.60. The van der Waals surface area contributed by atoms with Crippen LogP contribution in [-0.2, 0) is 16.1 Å². The minimum Gasteiger partial charge on any atom is -0.368 e. The molecule has 0 radical (unpaired) electrons. The smallest absolute Gasteiger partial charge is 0.252 e. The van der Waals surface area contributed by atoms with Gasteiger partial charge in [-0.25, -0.2) is 27.2 Å². The second-order valence-corrected chi connectivity index (χ2v) is 11.9. The minimum atomic E-state index is -1.14. The fraction of sp³-hybridized carbons (Fsp3) is 0.500. The van der Waals surface area contributed by atoms with E-state index in [0.717, 1.165) is 24.6 Å². The molecule has 2 aliphatic heterocycles. The zero-order chi connectivity index (χ0) is 29.3. The third-order valence-corrected chi connectivity index (χ3v) is 7.64. The van der Waals surface area contributed by atoms with E-state index in [-0.39, 0.29) is 36.9 Å². The number of rotatable bonds is 8. The first-order valence-electron chi connectivity index (χ1n) is 13.9. The molecule has 1 amide bonds. The van der Waals surface area contributed by atoms with Gasteiger partial charge in [0.25, 0.3) is 5.91 Å². The van der Waals surface area contributed by atoms with Crippen LogP contribution in [0.5, 0.6) is 0 Å². The number of alkyl halides is 1. The molecule has 2 aliphatic rings. The molecule has 0 saturated carbocycles. The Morgan fingerprint density at radius 3 is 2.59 bits per heavy atom. The molecule has 0 spiro atoms. The summed E-state index contributed by atoms with van der Waals surface area (Å²) in [6, 6.07) is 8.23. The molecule has 4 atom stereocenters. The highest BCUT2D eigenvalue weighted by Gasteiger charge is 2.44. The van der Waals surface area contributed by atoms with Gasteiger partial charge < -0.3 is 15.0 Å². The Labute approximate surface area is 236 Å². The fourth-order valence-electron chi connectivity index (χ4n) is 5.67. The van der Waals surface area contributed by atoms with Crippen molar-refractivity contribution in [3.05, 3.63) is 71.3 Å². The number of carbonyl (C=O) groups is 1. The molecule has 1 aromatic heterocycles. The highest BCUT2D eigenvalue weighted by molar-refractivity contribution is 5.81.